The molecule has 8 heavy (non-hydrogen) atoms. The smallest absolute Gasteiger partial charge is 0.0325 e. The zero-order chi connectivity index (χ0) is 5.98. The van der Waals surface area contributed by atoms with E-state index in [-0.39, 0.29) is 0 Å². The number of allylic oxidation sites excluding steroid dienone is 1. The van der Waals surface area contributed by atoms with Crippen LogP contribution < -0.4 is 0 Å². The van der Waals surface area contributed by atoms with Gasteiger partial charge in [-0.05, 0) is 31.1 Å². The third-order valence-electron chi connectivity index (χ3n) is 1.97. The molecule has 0 aromatic heterocycles. The van der Waals surface area contributed by atoms with E-state index in [1.54, 1.807) is 0 Å². The van der Waals surface area contributed by atoms with Crippen molar-refractivity contribution in [2.45, 2.75) is 26.2 Å². The summed E-state index contributed by atoms with van der Waals surface area (Å²) in [5, 5.41) is 0. The largest absolute Gasteiger partial charge is 0.103 e. The highest BCUT2D eigenvalue weighted by atomic mass is 14.3. The molecule has 0 nitrogen and oxygen atoms in total. The molecule has 1 aliphatic rings. The quantitative estimate of drug-likeness (QED) is 0.490. The molecule has 0 aromatic rings. The first-order chi connectivity index (χ1) is 3.84. The van der Waals surface area contributed by atoms with Gasteiger partial charge in [0.05, 0.1) is 0 Å². The molecule has 0 aliphatic heterocycles. The van der Waals surface area contributed by atoms with E-state index in [9.17, 15) is 0 Å². The van der Waals surface area contributed by atoms with Crippen molar-refractivity contribution in [3.8, 4) is 0 Å². The van der Waals surface area contributed by atoms with Crippen LogP contribution in [0.4, 0.5) is 0 Å². The van der Waals surface area contributed by atoms with Gasteiger partial charge in [0.15, 0.2) is 0 Å². The Kier molecular flexibility index (Phi) is 1.72. The van der Waals surface area contributed by atoms with Gasteiger partial charge >= 0.3 is 0 Å². The van der Waals surface area contributed by atoms with Crippen molar-refractivity contribution < 1.29 is 0 Å². The Balaban J connectivity index is 2.12. The predicted molar refractivity (Wildman–Crippen MR) is 36.7 cm³/mol. The molecule has 0 spiro atoms. The molecule has 0 heterocycles. The molecule has 1 atom stereocenters. The lowest BCUT2D eigenvalue weighted by Crippen LogP contribution is -1.92. The summed E-state index contributed by atoms with van der Waals surface area (Å²) >= 11 is 0. The van der Waals surface area contributed by atoms with Gasteiger partial charge in [-0.2, -0.15) is 0 Å². The molecule has 1 saturated carbocycles. The lowest BCUT2D eigenvalue weighted by molar-refractivity contribution is 0.517. The molecule has 0 aromatic carbocycles. The van der Waals surface area contributed by atoms with Crippen LogP contribution in [0.15, 0.2) is 12.7 Å². The number of hydrogen-bond donors (Lipinski definition) is 0. The molecular formula is C8H14. The summed E-state index contributed by atoms with van der Waals surface area (Å²) < 4.78 is 0. The van der Waals surface area contributed by atoms with Crippen LogP contribution in [0.5, 0.6) is 0 Å². The Hall–Kier alpha value is -0.260. The van der Waals surface area contributed by atoms with E-state index in [1.165, 1.54) is 19.3 Å². The minimum atomic E-state index is 0.910. The molecule has 0 saturated heterocycles. The van der Waals surface area contributed by atoms with Crippen LogP contribution in [0, 0.1) is 11.8 Å². The normalized spacial score (nSPS) is 22.6. The van der Waals surface area contributed by atoms with E-state index in [4.69, 9.17) is 0 Å². The van der Waals surface area contributed by atoms with Gasteiger partial charge in [-0.3, -0.25) is 0 Å². The van der Waals surface area contributed by atoms with Crippen LogP contribution in [0.3, 0.4) is 0 Å². The third-order valence-corrected chi connectivity index (χ3v) is 1.97. The van der Waals surface area contributed by atoms with Crippen molar-refractivity contribution in [1.29, 1.82) is 0 Å². The van der Waals surface area contributed by atoms with E-state index in [2.05, 4.69) is 13.5 Å². The standard InChI is InChI=1S/C8H14/c1-3-4-7(2)8-5-6-8/h3,7-8H,1,4-6H2,2H3/t7-/m1/s1. The van der Waals surface area contributed by atoms with Gasteiger partial charge in [-0.15, -0.1) is 6.58 Å². The zero-order valence-corrected chi connectivity index (χ0v) is 5.56. The molecule has 1 aliphatic carbocycles. The first kappa shape index (κ1) is 5.87. The highest BCUT2D eigenvalue weighted by Crippen LogP contribution is 2.38. The molecular weight excluding hydrogens is 96.1 g/mol. The number of hydrogen-bond acceptors (Lipinski definition) is 0. The predicted octanol–water partition coefficient (Wildman–Crippen LogP) is 2.61. The summed E-state index contributed by atoms with van der Waals surface area (Å²) in [6.45, 7) is 6.03. The topological polar surface area (TPSA) is 0 Å². The Morgan fingerprint density at radius 2 is 2.38 bits per heavy atom. The van der Waals surface area contributed by atoms with Crippen molar-refractivity contribution >= 4 is 0 Å². The fourth-order valence-corrected chi connectivity index (χ4v) is 1.12. The summed E-state index contributed by atoms with van der Waals surface area (Å²) in [7, 11) is 0. The lowest BCUT2D eigenvalue weighted by Gasteiger charge is -2.02. The van der Waals surface area contributed by atoms with Gasteiger partial charge < -0.3 is 0 Å². The SMILES string of the molecule is C=CC[C@@H](C)C1CC1. The van der Waals surface area contributed by atoms with Gasteiger partial charge in [0.25, 0.3) is 0 Å². The van der Waals surface area contributed by atoms with Crippen LogP contribution in [0.2, 0.25) is 0 Å². The van der Waals surface area contributed by atoms with Gasteiger partial charge in [-0.1, -0.05) is 13.0 Å². The molecule has 0 amide bonds. The molecule has 0 bridgehead atoms. The maximum atomic E-state index is 3.71. The summed E-state index contributed by atoms with van der Waals surface area (Å²) in [6, 6.07) is 0. The monoisotopic (exact) mass is 110 g/mol. The number of rotatable bonds is 3. The van der Waals surface area contributed by atoms with E-state index in [1.807, 2.05) is 6.08 Å². The molecule has 0 unspecified atom stereocenters. The van der Waals surface area contributed by atoms with Crippen molar-refractivity contribution in [3.05, 3.63) is 12.7 Å². The highest BCUT2D eigenvalue weighted by Gasteiger charge is 2.26. The second-order valence-corrected chi connectivity index (χ2v) is 2.84. The Bertz CT molecular complexity index is 80.0. The Morgan fingerprint density at radius 1 is 1.75 bits per heavy atom. The first-order valence-corrected chi connectivity index (χ1v) is 3.45. The summed E-state index contributed by atoms with van der Waals surface area (Å²) in [5.74, 6) is 1.96. The lowest BCUT2D eigenvalue weighted by atomic mass is 10.0. The van der Waals surface area contributed by atoms with Crippen molar-refractivity contribution in [2.24, 2.45) is 11.8 Å². The summed E-state index contributed by atoms with van der Waals surface area (Å²) in [4.78, 5) is 0. The average Bonchev–Trinajstić information content (AvgIpc) is 2.45. The zero-order valence-electron chi connectivity index (χ0n) is 5.56. The maximum absolute atomic E-state index is 3.71. The molecule has 0 heteroatoms. The Labute approximate surface area is 51.6 Å². The van der Waals surface area contributed by atoms with Crippen LogP contribution >= 0.6 is 0 Å². The Morgan fingerprint density at radius 3 is 2.75 bits per heavy atom. The average molecular weight is 110 g/mol. The van der Waals surface area contributed by atoms with Crippen LogP contribution in [-0.4, -0.2) is 0 Å². The third kappa shape index (κ3) is 1.36. The van der Waals surface area contributed by atoms with E-state index < -0.39 is 0 Å². The molecule has 1 rings (SSSR count). The molecule has 46 valence electrons. The summed E-state index contributed by atoms with van der Waals surface area (Å²) in [5.41, 5.74) is 0. The van der Waals surface area contributed by atoms with Crippen molar-refractivity contribution in [2.75, 3.05) is 0 Å². The molecule has 0 N–H and O–H groups in total. The van der Waals surface area contributed by atoms with Gasteiger partial charge in [0, 0.05) is 0 Å². The van der Waals surface area contributed by atoms with Crippen LogP contribution in [0.1, 0.15) is 26.2 Å². The summed E-state index contributed by atoms with van der Waals surface area (Å²) in [6.07, 6.45) is 6.18. The van der Waals surface area contributed by atoms with E-state index in [0.29, 0.717) is 0 Å². The van der Waals surface area contributed by atoms with Crippen molar-refractivity contribution in [3.63, 3.8) is 0 Å². The fraction of sp³-hybridized carbons (Fsp3) is 0.750. The highest BCUT2D eigenvalue weighted by molar-refractivity contribution is 4.83. The minimum absolute atomic E-state index is 0.910. The van der Waals surface area contributed by atoms with Gasteiger partial charge in [0.1, 0.15) is 0 Å². The van der Waals surface area contributed by atoms with Crippen LogP contribution in [0.25, 0.3) is 0 Å². The van der Waals surface area contributed by atoms with Gasteiger partial charge in [-0.25, -0.2) is 0 Å². The van der Waals surface area contributed by atoms with Gasteiger partial charge in [0.2, 0.25) is 0 Å². The fourth-order valence-electron chi connectivity index (χ4n) is 1.12. The minimum Gasteiger partial charge on any atom is -0.103 e. The molecule has 1 fully saturated rings. The molecule has 0 radical (unpaired) electrons. The van der Waals surface area contributed by atoms with Crippen molar-refractivity contribution in [1.82, 2.24) is 0 Å². The van der Waals surface area contributed by atoms with E-state index in [0.717, 1.165) is 11.8 Å². The maximum Gasteiger partial charge on any atom is -0.0325 e. The second kappa shape index (κ2) is 2.34. The first-order valence-electron chi connectivity index (χ1n) is 3.45. The second-order valence-electron chi connectivity index (χ2n) is 2.84. The van der Waals surface area contributed by atoms with E-state index >= 15 is 0 Å². The van der Waals surface area contributed by atoms with Crippen LogP contribution in [-0.2, 0) is 0 Å².